The Morgan fingerprint density at radius 3 is 1.54 bits per heavy atom. The van der Waals surface area contributed by atoms with E-state index in [0.29, 0.717) is 0 Å². The van der Waals surface area contributed by atoms with Crippen molar-refractivity contribution in [3.05, 3.63) is 177 Å². The second-order valence-corrected chi connectivity index (χ2v) is 12.8. The lowest BCUT2D eigenvalue weighted by Gasteiger charge is -2.10. The van der Waals surface area contributed by atoms with Gasteiger partial charge >= 0.3 is 0 Å². The molecule has 0 spiro atoms. The van der Waals surface area contributed by atoms with Crippen LogP contribution in [0.15, 0.2) is 177 Å². The maximum absolute atomic E-state index is 3.36. The second kappa shape index (κ2) is 13.6. The molecule has 9 aromatic rings. The molecule has 2 heteroatoms. The normalized spacial score (nSPS) is 11.2. The van der Waals surface area contributed by atoms with E-state index in [0.717, 1.165) is 0 Å². The molecule has 0 fully saturated rings. The molecule has 0 unspecified atom stereocenters. The molecule has 0 bridgehead atoms. The zero-order valence-electron chi connectivity index (χ0n) is 27.4. The first-order chi connectivity index (χ1) is 23.7. The van der Waals surface area contributed by atoms with E-state index in [1.807, 2.05) is 37.3 Å². The average molecular weight is 636 g/mol. The van der Waals surface area contributed by atoms with E-state index in [4.69, 9.17) is 0 Å². The average Bonchev–Trinajstić information content (AvgIpc) is 3.71. The van der Waals surface area contributed by atoms with Gasteiger partial charge in [-0.05, 0) is 89.0 Å². The number of fused-ring (bicyclic) bond motifs is 10. The Kier molecular flexibility index (Phi) is 8.74. The molecule has 2 heterocycles. The van der Waals surface area contributed by atoms with E-state index < -0.39 is 0 Å². The summed E-state index contributed by atoms with van der Waals surface area (Å²) in [6.45, 7) is 10.7. The van der Waals surface area contributed by atoms with Gasteiger partial charge in [-0.1, -0.05) is 135 Å². The lowest BCUT2D eigenvalue weighted by atomic mass is 10.00. The zero-order chi connectivity index (χ0) is 33.0. The van der Waals surface area contributed by atoms with Crippen LogP contribution in [0.2, 0.25) is 0 Å². The van der Waals surface area contributed by atoms with Gasteiger partial charge in [0.2, 0.25) is 0 Å². The number of hydrogen-bond donors (Lipinski definition) is 0. The van der Waals surface area contributed by atoms with Crippen molar-refractivity contribution >= 4 is 74.9 Å². The third kappa shape index (κ3) is 5.51. The van der Waals surface area contributed by atoms with Crippen LogP contribution in [0.25, 0.3) is 80.3 Å². The minimum atomic E-state index is 1.18. The maximum Gasteiger partial charge on any atom is 0.0547 e. The molecule has 0 amide bonds. The van der Waals surface area contributed by atoms with Crippen LogP contribution in [-0.4, -0.2) is 4.57 Å². The monoisotopic (exact) mass is 635 g/mol. The van der Waals surface area contributed by atoms with Crippen molar-refractivity contribution in [1.29, 1.82) is 0 Å². The second-order valence-electron chi connectivity index (χ2n) is 11.7. The van der Waals surface area contributed by atoms with Gasteiger partial charge in [0.1, 0.15) is 0 Å². The van der Waals surface area contributed by atoms with E-state index in [2.05, 4.69) is 157 Å². The molecule has 0 saturated carbocycles. The first-order valence-corrected chi connectivity index (χ1v) is 17.1. The Labute approximate surface area is 286 Å². The first-order valence-electron chi connectivity index (χ1n) is 16.3. The molecule has 232 valence electrons. The van der Waals surface area contributed by atoms with Crippen molar-refractivity contribution in [1.82, 2.24) is 4.57 Å². The molecule has 1 nitrogen and oxygen atoms in total. The lowest BCUT2D eigenvalue weighted by Crippen LogP contribution is -1.93. The van der Waals surface area contributed by atoms with Crippen molar-refractivity contribution in [2.24, 2.45) is 0 Å². The number of hydrogen-bond acceptors (Lipinski definition) is 1. The highest BCUT2D eigenvalue weighted by molar-refractivity contribution is 7.25. The van der Waals surface area contributed by atoms with Gasteiger partial charge in [-0.15, -0.1) is 11.3 Å². The van der Waals surface area contributed by atoms with Gasteiger partial charge in [0, 0.05) is 36.6 Å². The highest BCUT2D eigenvalue weighted by Gasteiger charge is 2.17. The summed E-state index contributed by atoms with van der Waals surface area (Å²) in [7, 11) is 0. The summed E-state index contributed by atoms with van der Waals surface area (Å²) in [5, 5.41) is 10.5. The largest absolute Gasteiger partial charge is 0.309 e. The summed E-state index contributed by atoms with van der Waals surface area (Å²) in [4.78, 5) is 0. The lowest BCUT2D eigenvalue weighted by molar-refractivity contribution is 1.18. The minimum absolute atomic E-state index is 1.18. The van der Waals surface area contributed by atoms with Gasteiger partial charge in [-0.2, -0.15) is 0 Å². The topological polar surface area (TPSA) is 4.93 Å². The van der Waals surface area contributed by atoms with Crippen LogP contribution < -0.4 is 0 Å². The molecular formula is C46H37NS. The van der Waals surface area contributed by atoms with E-state index >= 15 is 0 Å². The number of thiophene rings is 1. The van der Waals surface area contributed by atoms with Crippen LogP contribution in [0, 0.1) is 0 Å². The Bertz CT molecular complexity index is 2510. The van der Waals surface area contributed by atoms with Crippen molar-refractivity contribution in [2.75, 3.05) is 0 Å². The molecule has 0 atom stereocenters. The summed E-state index contributed by atoms with van der Waals surface area (Å²) in [5.41, 5.74) is 6.14. The number of allylic oxidation sites excluding steroid dienone is 4. The van der Waals surface area contributed by atoms with Crippen molar-refractivity contribution in [3.8, 4) is 16.8 Å². The number of nitrogens with zero attached hydrogens (tertiary/aromatic N) is 1. The summed E-state index contributed by atoms with van der Waals surface area (Å²) in [6.07, 6.45) is 7.28. The Morgan fingerprint density at radius 2 is 0.979 bits per heavy atom. The fourth-order valence-electron chi connectivity index (χ4n) is 6.53. The van der Waals surface area contributed by atoms with Crippen LogP contribution >= 0.6 is 11.3 Å². The molecule has 7 aromatic carbocycles. The van der Waals surface area contributed by atoms with Crippen LogP contribution in [0.1, 0.15) is 13.8 Å². The van der Waals surface area contributed by atoms with Crippen LogP contribution in [0.4, 0.5) is 0 Å². The minimum Gasteiger partial charge on any atom is -0.309 e. The molecule has 0 aliphatic rings. The highest BCUT2D eigenvalue weighted by atomic mass is 32.1. The Hall–Kier alpha value is -5.70. The molecular weight excluding hydrogens is 599 g/mol. The van der Waals surface area contributed by atoms with E-state index in [9.17, 15) is 0 Å². The van der Waals surface area contributed by atoms with Crippen LogP contribution in [-0.2, 0) is 0 Å². The molecule has 0 N–H and O–H groups in total. The molecule has 2 aromatic heterocycles. The van der Waals surface area contributed by atoms with Gasteiger partial charge in [0.25, 0.3) is 0 Å². The Balaban J connectivity index is 0.000000414. The summed E-state index contributed by atoms with van der Waals surface area (Å²) in [6, 6.07) is 51.2. The third-order valence-corrected chi connectivity index (χ3v) is 10.0. The maximum atomic E-state index is 3.36. The highest BCUT2D eigenvalue weighted by Crippen LogP contribution is 2.41. The van der Waals surface area contributed by atoms with Gasteiger partial charge in [0.05, 0.1) is 11.0 Å². The van der Waals surface area contributed by atoms with Crippen molar-refractivity contribution < 1.29 is 0 Å². The number of aromatic nitrogens is 1. The van der Waals surface area contributed by atoms with Crippen LogP contribution in [0.3, 0.4) is 0 Å². The van der Waals surface area contributed by atoms with E-state index in [-0.39, 0.29) is 0 Å². The molecule has 48 heavy (non-hydrogen) atoms. The summed E-state index contributed by atoms with van der Waals surface area (Å²) < 4.78 is 5.12. The molecule has 0 radical (unpaired) electrons. The first kappa shape index (κ1) is 30.9. The fourth-order valence-corrected chi connectivity index (χ4v) is 7.62. The van der Waals surface area contributed by atoms with Gasteiger partial charge in [-0.3, -0.25) is 0 Å². The Morgan fingerprint density at radius 1 is 0.479 bits per heavy atom. The SMILES string of the molecule is C/C=C\C.C=CC=C.c1ccc2c(c1)ccc1c2c2c3ccccc3ccc2n1-c1ccc(-c2ccc3sc4ccccc4c3c2)cc1. The fraction of sp³-hybridized carbons (Fsp3) is 0.0435. The van der Waals surface area contributed by atoms with Gasteiger partial charge in [-0.25, -0.2) is 0 Å². The quantitative estimate of drug-likeness (QED) is 0.134. The molecule has 0 aliphatic carbocycles. The number of rotatable bonds is 3. The van der Waals surface area contributed by atoms with E-state index in [1.165, 1.54) is 80.3 Å². The molecule has 9 rings (SSSR count). The molecule has 0 saturated heterocycles. The number of benzene rings is 7. The van der Waals surface area contributed by atoms with Gasteiger partial charge < -0.3 is 4.57 Å². The van der Waals surface area contributed by atoms with Crippen LogP contribution in [0.5, 0.6) is 0 Å². The zero-order valence-corrected chi connectivity index (χ0v) is 28.2. The third-order valence-electron chi connectivity index (χ3n) is 8.88. The predicted octanol–water partition coefficient (Wildman–Crippen LogP) is 14.1. The predicted molar refractivity (Wildman–Crippen MR) is 215 cm³/mol. The summed E-state index contributed by atoms with van der Waals surface area (Å²) >= 11 is 1.87. The van der Waals surface area contributed by atoms with Crippen molar-refractivity contribution in [3.63, 3.8) is 0 Å². The van der Waals surface area contributed by atoms with Gasteiger partial charge in [0.15, 0.2) is 0 Å². The standard InChI is InChI=1S/C38H23NS.C4H8.C4H6/c1-3-9-29-25(7-1)15-20-33-37(29)38-30-10-4-2-8-26(30)16-21-34(38)39(33)28-18-13-24(14-19-28)27-17-22-36-32(23-27)31-11-5-6-12-35(31)40-36;2*1-3-4-2/h1-23H;3-4H,1-2H3;3-4H,1-2H2/b;4-3-;. The van der Waals surface area contributed by atoms with E-state index in [1.54, 1.807) is 12.2 Å². The van der Waals surface area contributed by atoms with Crippen molar-refractivity contribution in [2.45, 2.75) is 13.8 Å². The summed E-state index contributed by atoms with van der Waals surface area (Å²) in [5.74, 6) is 0. The smallest absolute Gasteiger partial charge is 0.0547 e. The molecule has 0 aliphatic heterocycles.